The maximum Gasteiger partial charge on any atom is 0.172 e. The molecule has 1 aliphatic heterocycles. The molecule has 3 nitrogen and oxygen atoms in total. The van der Waals surface area contributed by atoms with Gasteiger partial charge < -0.3 is 4.74 Å². The van der Waals surface area contributed by atoms with Crippen molar-refractivity contribution >= 4 is 11.6 Å². The minimum atomic E-state index is -0.761. The van der Waals surface area contributed by atoms with Gasteiger partial charge in [-0.15, -0.1) is 0 Å². The number of carbonyl (C=O) groups excluding carboxylic acids is 2. The van der Waals surface area contributed by atoms with Crippen LogP contribution < -0.4 is 0 Å². The lowest BCUT2D eigenvalue weighted by Gasteiger charge is -2.37. The van der Waals surface area contributed by atoms with E-state index in [-0.39, 0.29) is 17.5 Å². The molecule has 0 bridgehead atoms. The topological polar surface area (TPSA) is 43.4 Å². The summed E-state index contributed by atoms with van der Waals surface area (Å²) in [6.45, 7) is 8.57. The predicted octanol–water partition coefficient (Wildman–Crippen LogP) is 2.25. The van der Waals surface area contributed by atoms with Crippen molar-refractivity contribution in [1.29, 1.82) is 0 Å². The van der Waals surface area contributed by atoms with Crippen LogP contribution in [0, 0.1) is 5.92 Å². The van der Waals surface area contributed by atoms with Crippen molar-refractivity contribution < 1.29 is 14.3 Å². The molecule has 0 aromatic carbocycles. The minimum Gasteiger partial charge on any atom is -0.484 e. The molecule has 0 saturated carbocycles. The molecule has 0 aliphatic carbocycles. The molecular weight excluding hydrogens is 192 g/mol. The van der Waals surface area contributed by atoms with Crippen LogP contribution in [0.4, 0.5) is 0 Å². The summed E-state index contributed by atoms with van der Waals surface area (Å²) >= 11 is 0. The zero-order chi connectivity index (χ0) is 11.8. The Morgan fingerprint density at radius 3 is 2.27 bits per heavy atom. The van der Waals surface area contributed by atoms with E-state index in [4.69, 9.17) is 4.74 Å². The smallest absolute Gasteiger partial charge is 0.172 e. The quantitative estimate of drug-likeness (QED) is 0.702. The van der Waals surface area contributed by atoms with Gasteiger partial charge in [-0.2, -0.15) is 0 Å². The van der Waals surface area contributed by atoms with Gasteiger partial charge in [0, 0.05) is 12.0 Å². The van der Waals surface area contributed by atoms with Crippen molar-refractivity contribution in [2.75, 3.05) is 0 Å². The van der Waals surface area contributed by atoms with E-state index >= 15 is 0 Å². The van der Waals surface area contributed by atoms with Crippen LogP contribution >= 0.6 is 0 Å². The summed E-state index contributed by atoms with van der Waals surface area (Å²) in [7, 11) is 0. The zero-order valence-electron chi connectivity index (χ0n) is 10.0. The van der Waals surface area contributed by atoms with Gasteiger partial charge in [-0.3, -0.25) is 9.59 Å². The van der Waals surface area contributed by atoms with Gasteiger partial charge in [-0.25, -0.2) is 0 Å². The molecule has 0 fully saturated rings. The van der Waals surface area contributed by atoms with E-state index < -0.39 is 5.60 Å². The molecule has 0 radical (unpaired) electrons. The van der Waals surface area contributed by atoms with Crippen molar-refractivity contribution in [2.24, 2.45) is 5.92 Å². The SMILES string of the molecule is CC(=O)C1=C(C)OC(C)(C(C)=O)CC1C. The molecule has 0 aromatic heterocycles. The number of ketones is 2. The van der Waals surface area contributed by atoms with Crippen molar-refractivity contribution in [1.82, 2.24) is 0 Å². The number of ether oxygens (including phenoxy) is 1. The Kier molecular flexibility index (Phi) is 3.03. The molecule has 2 atom stereocenters. The van der Waals surface area contributed by atoms with Crippen molar-refractivity contribution in [2.45, 2.75) is 46.6 Å². The number of allylic oxidation sites excluding steroid dienone is 2. The van der Waals surface area contributed by atoms with E-state index in [1.165, 1.54) is 13.8 Å². The number of hydrogen-bond donors (Lipinski definition) is 0. The van der Waals surface area contributed by atoms with Gasteiger partial charge in [0.15, 0.2) is 17.2 Å². The van der Waals surface area contributed by atoms with Crippen LogP contribution in [0.3, 0.4) is 0 Å². The van der Waals surface area contributed by atoms with Gasteiger partial charge in [-0.05, 0) is 33.6 Å². The first kappa shape index (κ1) is 12.0. The van der Waals surface area contributed by atoms with Gasteiger partial charge >= 0.3 is 0 Å². The Morgan fingerprint density at radius 2 is 1.93 bits per heavy atom. The Morgan fingerprint density at radius 1 is 1.40 bits per heavy atom. The molecule has 2 unspecified atom stereocenters. The molecule has 0 spiro atoms. The Bertz CT molecular complexity index is 341. The number of carbonyl (C=O) groups is 2. The minimum absolute atomic E-state index is 0.0105. The lowest BCUT2D eigenvalue weighted by atomic mass is 9.81. The summed E-state index contributed by atoms with van der Waals surface area (Å²) in [5.74, 6) is 0.728. The lowest BCUT2D eigenvalue weighted by molar-refractivity contribution is -0.139. The molecular formula is C12H18O3. The lowest BCUT2D eigenvalue weighted by Crippen LogP contribution is -2.42. The second kappa shape index (κ2) is 3.80. The Labute approximate surface area is 90.5 Å². The molecule has 3 heteroatoms. The summed E-state index contributed by atoms with van der Waals surface area (Å²) in [6, 6.07) is 0. The van der Waals surface area contributed by atoms with Crippen LogP contribution in [-0.2, 0) is 14.3 Å². The first-order valence-corrected chi connectivity index (χ1v) is 5.19. The second-order valence-electron chi connectivity index (χ2n) is 4.52. The van der Waals surface area contributed by atoms with Crippen molar-refractivity contribution in [3.63, 3.8) is 0 Å². The van der Waals surface area contributed by atoms with Gasteiger partial charge in [0.2, 0.25) is 0 Å². The molecule has 1 heterocycles. The average molecular weight is 210 g/mol. The van der Waals surface area contributed by atoms with E-state index in [0.29, 0.717) is 17.8 Å². The first-order chi connectivity index (χ1) is 6.78. The summed E-state index contributed by atoms with van der Waals surface area (Å²) in [4.78, 5) is 22.8. The molecule has 1 aliphatic rings. The van der Waals surface area contributed by atoms with Gasteiger partial charge in [0.25, 0.3) is 0 Å². The largest absolute Gasteiger partial charge is 0.484 e. The summed E-state index contributed by atoms with van der Waals surface area (Å²) in [5.41, 5.74) is -0.0450. The van der Waals surface area contributed by atoms with Crippen LogP contribution in [0.15, 0.2) is 11.3 Å². The van der Waals surface area contributed by atoms with E-state index in [9.17, 15) is 9.59 Å². The van der Waals surface area contributed by atoms with Crippen molar-refractivity contribution in [3.8, 4) is 0 Å². The third kappa shape index (κ3) is 2.11. The number of hydrogen-bond acceptors (Lipinski definition) is 3. The number of rotatable bonds is 2. The first-order valence-electron chi connectivity index (χ1n) is 5.19. The van der Waals surface area contributed by atoms with Crippen molar-refractivity contribution in [3.05, 3.63) is 11.3 Å². The molecule has 0 aromatic rings. The van der Waals surface area contributed by atoms with E-state index in [0.717, 1.165) is 0 Å². The average Bonchev–Trinajstić information content (AvgIpc) is 2.00. The van der Waals surface area contributed by atoms with Gasteiger partial charge in [-0.1, -0.05) is 6.92 Å². The van der Waals surface area contributed by atoms with Crippen LogP contribution in [-0.4, -0.2) is 17.2 Å². The van der Waals surface area contributed by atoms with E-state index in [2.05, 4.69) is 0 Å². The van der Waals surface area contributed by atoms with E-state index in [1.54, 1.807) is 13.8 Å². The Hall–Kier alpha value is -1.12. The Balaban J connectivity index is 3.09. The maximum atomic E-state index is 11.5. The van der Waals surface area contributed by atoms with Crippen LogP contribution in [0.5, 0.6) is 0 Å². The molecule has 0 saturated heterocycles. The number of Topliss-reactive ketones (excluding diaryl/α,β-unsaturated/α-hetero) is 2. The second-order valence-corrected chi connectivity index (χ2v) is 4.52. The van der Waals surface area contributed by atoms with Crippen LogP contribution in [0.1, 0.15) is 41.0 Å². The predicted molar refractivity (Wildman–Crippen MR) is 57.3 cm³/mol. The highest BCUT2D eigenvalue weighted by Crippen LogP contribution is 2.36. The van der Waals surface area contributed by atoms with Gasteiger partial charge in [0.1, 0.15) is 5.76 Å². The van der Waals surface area contributed by atoms with Crippen LogP contribution in [0.25, 0.3) is 0 Å². The molecule has 0 amide bonds. The third-order valence-corrected chi connectivity index (χ3v) is 3.07. The highest BCUT2D eigenvalue weighted by Gasteiger charge is 2.40. The van der Waals surface area contributed by atoms with Crippen LogP contribution in [0.2, 0.25) is 0 Å². The zero-order valence-corrected chi connectivity index (χ0v) is 10.0. The summed E-state index contributed by atoms with van der Waals surface area (Å²) < 4.78 is 5.59. The molecule has 0 N–H and O–H groups in total. The normalized spacial score (nSPS) is 31.1. The fraction of sp³-hybridized carbons (Fsp3) is 0.667. The summed E-state index contributed by atoms with van der Waals surface area (Å²) in [5, 5.41) is 0. The monoisotopic (exact) mass is 210 g/mol. The third-order valence-electron chi connectivity index (χ3n) is 3.07. The standard InChI is InChI=1S/C12H18O3/c1-7-6-12(5,10(4)14)15-9(3)11(7)8(2)13/h7H,6H2,1-5H3. The fourth-order valence-corrected chi connectivity index (χ4v) is 2.28. The molecule has 15 heavy (non-hydrogen) atoms. The fourth-order valence-electron chi connectivity index (χ4n) is 2.28. The maximum absolute atomic E-state index is 11.5. The highest BCUT2D eigenvalue weighted by molar-refractivity contribution is 5.95. The highest BCUT2D eigenvalue weighted by atomic mass is 16.5. The molecule has 1 rings (SSSR count). The van der Waals surface area contributed by atoms with Gasteiger partial charge in [0.05, 0.1) is 0 Å². The van der Waals surface area contributed by atoms with E-state index in [1.807, 2.05) is 6.92 Å². The molecule has 84 valence electrons. The summed E-state index contributed by atoms with van der Waals surface area (Å²) in [6.07, 6.45) is 0.578.